The van der Waals surface area contributed by atoms with Gasteiger partial charge in [-0.1, -0.05) is 0 Å². The van der Waals surface area contributed by atoms with Gasteiger partial charge in [0.05, 0.1) is 18.0 Å². The van der Waals surface area contributed by atoms with Crippen LogP contribution in [0.25, 0.3) is 0 Å². The number of carboxylic acids is 1. The first kappa shape index (κ1) is 14.9. The van der Waals surface area contributed by atoms with Gasteiger partial charge in [0, 0.05) is 12.1 Å². The molecular formula is C12H22N2O2. The zero-order valence-electron chi connectivity index (χ0n) is 10.9. The highest BCUT2D eigenvalue weighted by atomic mass is 16.4. The minimum atomic E-state index is -0.829. The third-order valence-electron chi connectivity index (χ3n) is 2.58. The monoisotopic (exact) mass is 226 g/mol. The molecule has 0 amide bonds. The molecule has 0 saturated carbocycles. The van der Waals surface area contributed by atoms with Gasteiger partial charge < -0.3 is 5.11 Å². The van der Waals surface area contributed by atoms with Crippen LogP contribution >= 0.6 is 0 Å². The van der Waals surface area contributed by atoms with Crippen LogP contribution in [0.1, 0.15) is 41.0 Å². The first-order chi connectivity index (χ1) is 7.08. The second kappa shape index (κ2) is 5.31. The highest BCUT2D eigenvalue weighted by Crippen LogP contribution is 2.22. The van der Waals surface area contributed by atoms with Crippen molar-refractivity contribution in [2.75, 3.05) is 13.1 Å². The number of carboxylic acid groups (broad SMARTS) is 1. The SMILES string of the molecule is CC(C)(C#N)CCN(CC(=O)O)C(C)(C)C. The van der Waals surface area contributed by atoms with E-state index in [2.05, 4.69) is 6.07 Å². The standard InChI is InChI=1S/C12H22N2O2/c1-11(2,3)14(8-10(15)16)7-6-12(4,5)9-13/h6-8H2,1-5H3,(H,15,16). The van der Waals surface area contributed by atoms with Gasteiger partial charge >= 0.3 is 5.97 Å². The Balaban J connectivity index is 4.47. The fourth-order valence-corrected chi connectivity index (χ4v) is 1.29. The fraction of sp³-hybridized carbons (Fsp3) is 0.833. The minimum Gasteiger partial charge on any atom is -0.480 e. The van der Waals surface area contributed by atoms with Gasteiger partial charge in [0.2, 0.25) is 0 Å². The van der Waals surface area contributed by atoms with Crippen molar-refractivity contribution in [1.82, 2.24) is 4.90 Å². The Labute approximate surface area is 97.9 Å². The van der Waals surface area contributed by atoms with Crippen molar-refractivity contribution >= 4 is 5.97 Å². The summed E-state index contributed by atoms with van der Waals surface area (Å²) in [7, 11) is 0. The van der Waals surface area contributed by atoms with E-state index >= 15 is 0 Å². The molecule has 0 saturated heterocycles. The zero-order valence-corrected chi connectivity index (χ0v) is 10.9. The Morgan fingerprint density at radius 2 is 1.81 bits per heavy atom. The lowest BCUT2D eigenvalue weighted by Gasteiger charge is -2.35. The Morgan fingerprint density at radius 3 is 2.12 bits per heavy atom. The van der Waals surface area contributed by atoms with Crippen LogP contribution in [0.2, 0.25) is 0 Å². The molecule has 0 atom stereocenters. The van der Waals surface area contributed by atoms with Crippen molar-refractivity contribution < 1.29 is 9.90 Å². The van der Waals surface area contributed by atoms with E-state index in [4.69, 9.17) is 10.4 Å². The van der Waals surface area contributed by atoms with Crippen LogP contribution in [-0.4, -0.2) is 34.6 Å². The number of hydrogen-bond donors (Lipinski definition) is 1. The number of nitrogens with zero attached hydrogens (tertiary/aromatic N) is 2. The Morgan fingerprint density at radius 1 is 1.31 bits per heavy atom. The van der Waals surface area contributed by atoms with E-state index in [0.29, 0.717) is 13.0 Å². The smallest absolute Gasteiger partial charge is 0.317 e. The van der Waals surface area contributed by atoms with Gasteiger partial charge in [-0.05, 0) is 41.0 Å². The summed E-state index contributed by atoms with van der Waals surface area (Å²) in [5, 5.41) is 17.7. The van der Waals surface area contributed by atoms with E-state index in [1.54, 1.807) is 0 Å². The molecule has 0 bridgehead atoms. The maximum atomic E-state index is 10.7. The molecule has 0 aliphatic rings. The summed E-state index contributed by atoms with van der Waals surface area (Å²) in [4.78, 5) is 12.6. The molecule has 4 heteroatoms. The predicted octanol–water partition coefficient (Wildman–Crippen LogP) is 2.11. The number of carbonyl (C=O) groups is 1. The third kappa shape index (κ3) is 5.72. The number of nitriles is 1. The molecule has 0 radical (unpaired) electrons. The van der Waals surface area contributed by atoms with Gasteiger partial charge in [0.1, 0.15) is 0 Å². The topological polar surface area (TPSA) is 64.3 Å². The van der Waals surface area contributed by atoms with E-state index in [1.165, 1.54) is 0 Å². The Kier molecular flexibility index (Phi) is 4.95. The van der Waals surface area contributed by atoms with Crippen molar-refractivity contribution in [3.05, 3.63) is 0 Å². The predicted molar refractivity (Wildman–Crippen MR) is 63.0 cm³/mol. The molecule has 0 aliphatic heterocycles. The van der Waals surface area contributed by atoms with Crippen LogP contribution < -0.4 is 0 Å². The molecule has 0 aromatic rings. The summed E-state index contributed by atoms with van der Waals surface area (Å²) in [6.07, 6.45) is 0.675. The third-order valence-corrected chi connectivity index (χ3v) is 2.58. The van der Waals surface area contributed by atoms with E-state index in [1.807, 2.05) is 39.5 Å². The molecule has 4 nitrogen and oxygen atoms in total. The molecule has 0 aliphatic carbocycles. The second-order valence-corrected chi connectivity index (χ2v) is 5.73. The highest BCUT2D eigenvalue weighted by molar-refractivity contribution is 5.69. The molecule has 1 N–H and O–H groups in total. The normalized spacial score (nSPS) is 12.6. The van der Waals surface area contributed by atoms with Crippen LogP contribution in [0.15, 0.2) is 0 Å². The van der Waals surface area contributed by atoms with Gasteiger partial charge in [0.15, 0.2) is 0 Å². The summed E-state index contributed by atoms with van der Waals surface area (Å²) in [6.45, 7) is 10.3. The average Bonchev–Trinajstić information content (AvgIpc) is 2.10. The summed E-state index contributed by atoms with van der Waals surface area (Å²) in [5.74, 6) is -0.829. The molecule has 0 unspecified atom stereocenters. The Bertz CT molecular complexity index is 284. The van der Waals surface area contributed by atoms with Gasteiger partial charge in [-0.15, -0.1) is 0 Å². The van der Waals surface area contributed by atoms with Crippen LogP contribution in [0, 0.1) is 16.7 Å². The molecule has 0 heterocycles. The van der Waals surface area contributed by atoms with Crippen molar-refractivity contribution in [3.63, 3.8) is 0 Å². The molecule has 0 rings (SSSR count). The molecule has 0 aromatic heterocycles. The number of hydrogen-bond acceptors (Lipinski definition) is 3. The first-order valence-electron chi connectivity index (χ1n) is 5.46. The lowest BCUT2D eigenvalue weighted by Crippen LogP contribution is -2.45. The fourth-order valence-electron chi connectivity index (χ4n) is 1.29. The van der Waals surface area contributed by atoms with Crippen molar-refractivity contribution in [1.29, 1.82) is 5.26 Å². The molecule has 92 valence electrons. The summed E-state index contributed by atoms with van der Waals surface area (Å²) in [5.41, 5.74) is -0.591. The number of rotatable bonds is 5. The minimum absolute atomic E-state index is 0.0189. The molecule has 0 spiro atoms. The maximum Gasteiger partial charge on any atom is 0.317 e. The van der Waals surface area contributed by atoms with Crippen LogP contribution in [0.5, 0.6) is 0 Å². The van der Waals surface area contributed by atoms with Gasteiger partial charge in [-0.25, -0.2) is 0 Å². The maximum absolute atomic E-state index is 10.7. The summed E-state index contributed by atoms with van der Waals surface area (Å²) in [6, 6.07) is 2.23. The van der Waals surface area contributed by atoms with Gasteiger partial charge in [0.25, 0.3) is 0 Å². The lowest BCUT2D eigenvalue weighted by atomic mass is 9.90. The van der Waals surface area contributed by atoms with Crippen molar-refractivity contribution in [3.8, 4) is 6.07 Å². The summed E-state index contributed by atoms with van der Waals surface area (Å²) < 4.78 is 0. The van der Waals surface area contributed by atoms with E-state index in [0.717, 1.165) is 0 Å². The summed E-state index contributed by atoms with van der Waals surface area (Å²) >= 11 is 0. The quantitative estimate of drug-likeness (QED) is 0.779. The molecule has 0 aromatic carbocycles. The van der Waals surface area contributed by atoms with E-state index in [-0.39, 0.29) is 12.1 Å². The zero-order chi connectivity index (χ0) is 13.0. The number of aliphatic carboxylic acids is 1. The Hall–Kier alpha value is -1.08. The first-order valence-corrected chi connectivity index (χ1v) is 5.46. The highest BCUT2D eigenvalue weighted by Gasteiger charge is 2.26. The average molecular weight is 226 g/mol. The van der Waals surface area contributed by atoms with Gasteiger partial charge in [-0.3, -0.25) is 9.69 Å². The van der Waals surface area contributed by atoms with E-state index in [9.17, 15) is 4.79 Å². The van der Waals surface area contributed by atoms with Crippen LogP contribution in [-0.2, 0) is 4.79 Å². The second-order valence-electron chi connectivity index (χ2n) is 5.73. The molecule has 16 heavy (non-hydrogen) atoms. The lowest BCUT2D eigenvalue weighted by molar-refractivity contribution is -0.139. The van der Waals surface area contributed by atoms with E-state index < -0.39 is 11.4 Å². The van der Waals surface area contributed by atoms with Gasteiger partial charge in [-0.2, -0.15) is 5.26 Å². The van der Waals surface area contributed by atoms with Crippen LogP contribution in [0.3, 0.4) is 0 Å². The molecule has 0 fully saturated rings. The van der Waals surface area contributed by atoms with Crippen molar-refractivity contribution in [2.24, 2.45) is 5.41 Å². The van der Waals surface area contributed by atoms with Crippen molar-refractivity contribution in [2.45, 2.75) is 46.6 Å². The molecular weight excluding hydrogens is 204 g/mol. The largest absolute Gasteiger partial charge is 0.480 e. The van der Waals surface area contributed by atoms with Crippen LogP contribution in [0.4, 0.5) is 0 Å².